The van der Waals surface area contributed by atoms with E-state index in [1.54, 1.807) is 12.1 Å². The minimum absolute atomic E-state index is 0.331. The molecule has 0 spiro atoms. The van der Waals surface area contributed by atoms with E-state index in [4.69, 9.17) is 11.6 Å². The lowest BCUT2D eigenvalue weighted by atomic mass is 9.98. The number of hydrogen-bond acceptors (Lipinski definition) is 1. The van der Waals surface area contributed by atoms with Gasteiger partial charge in [-0.2, -0.15) is 8.78 Å². The van der Waals surface area contributed by atoms with Crippen molar-refractivity contribution >= 4 is 11.6 Å². The van der Waals surface area contributed by atoms with Crippen molar-refractivity contribution < 1.29 is 44.3 Å². The molecule has 0 amide bonds. The van der Waals surface area contributed by atoms with E-state index < -0.39 is 85.4 Å². The lowest BCUT2D eigenvalue weighted by Crippen LogP contribution is -2.23. The molecule has 250 valence electrons. The predicted octanol–water partition coefficient (Wildman–Crippen LogP) is 12.6. The molecule has 5 aromatic rings. The van der Waals surface area contributed by atoms with Gasteiger partial charge in [-0.15, -0.1) is 0 Å². The summed E-state index contributed by atoms with van der Waals surface area (Å²) in [5.74, 6) is -11.6. The van der Waals surface area contributed by atoms with Gasteiger partial charge in [-0.25, -0.2) is 30.7 Å². The highest BCUT2D eigenvalue weighted by Gasteiger charge is 2.38. The summed E-state index contributed by atoms with van der Waals surface area (Å²) in [5, 5.41) is -0.543. The van der Waals surface area contributed by atoms with Crippen LogP contribution in [0.2, 0.25) is 5.02 Å². The van der Waals surface area contributed by atoms with Crippen LogP contribution in [0.3, 0.4) is 0 Å². The lowest BCUT2D eigenvalue weighted by Gasteiger charge is -2.20. The van der Waals surface area contributed by atoms with E-state index in [0.717, 1.165) is 55.9 Å². The zero-order valence-corrected chi connectivity index (χ0v) is 26.0. The first kappa shape index (κ1) is 34.9. The molecule has 0 heterocycles. The Hall–Kier alpha value is -4.44. The number of hydrogen-bond donors (Lipinski definition) is 0. The van der Waals surface area contributed by atoms with Crippen LogP contribution in [0.25, 0.3) is 33.4 Å². The van der Waals surface area contributed by atoms with Crippen LogP contribution in [0.15, 0.2) is 78.9 Å². The van der Waals surface area contributed by atoms with Crippen molar-refractivity contribution in [2.24, 2.45) is 0 Å². The Kier molecular flexibility index (Phi) is 10.4. The largest absolute Gasteiger partial charge is 0.429 e. The van der Waals surface area contributed by atoms with Gasteiger partial charge >= 0.3 is 6.11 Å². The molecule has 0 radical (unpaired) electrons. The number of rotatable bonds is 11. The minimum Gasteiger partial charge on any atom is -0.429 e. The van der Waals surface area contributed by atoms with Crippen molar-refractivity contribution in [2.45, 2.75) is 45.1 Å². The lowest BCUT2D eigenvalue weighted by molar-refractivity contribution is -0.187. The van der Waals surface area contributed by atoms with Crippen LogP contribution in [-0.4, -0.2) is 0 Å². The third-order valence-electron chi connectivity index (χ3n) is 7.75. The summed E-state index contributed by atoms with van der Waals surface area (Å²) in [6.07, 6.45) is 0.945. The summed E-state index contributed by atoms with van der Waals surface area (Å²) in [5.41, 5.74) is -1.61. The molecule has 0 atom stereocenters. The molecule has 0 saturated heterocycles. The second kappa shape index (κ2) is 14.4. The van der Waals surface area contributed by atoms with E-state index in [1.165, 1.54) is 6.07 Å². The highest BCUT2D eigenvalue weighted by Crippen LogP contribution is 2.40. The number of ether oxygens (including phenoxy) is 1. The summed E-state index contributed by atoms with van der Waals surface area (Å²) in [6, 6.07) is 13.5. The van der Waals surface area contributed by atoms with E-state index in [1.807, 2.05) is 12.1 Å². The van der Waals surface area contributed by atoms with Crippen LogP contribution in [0.1, 0.15) is 43.7 Å². The van der Waals surface area contributed by atoms with Crippen LogP contribution in [0.4, 0.5) is 39.5 Å². The number of halogens is 10. The molecule has 0 aliphatic rings. The van der Waals surface area contributed by atoms with Gasteiger partial charge in [0.15, 0.2) is 17.5 Å². The monoisotopic (exact) mass is 692 g/mol. The second-order valence-corrected chi connectivity index (χ2v) is 11.6. The number of aryl methyl sites for hydroxylation is 1. The molecule has 0 aliphatic carbocycles. The smallest absolute Gasteiger partial charge is 0.429 e. The van der Waals surface area contributed by atoms with Crippen LogP contribution in [0, 0.1) is 40.7 Å². The van der Waals surface area contributed by atoms with Gasteiger partial charge in [0.2, 0.25) is 0 Å². The Balaban J connectivity index is 1.36. The molecule has 0 saturated carbocycles. The maximum absolute atomic E-state index is 15.1. The second-order valence-electron chi connectivity index (χ2n) is 11.2. The van der Waals surface area contributed by atoms with Gasteiger partial charge < -0.3 is 4.74 Å². The van der Waals surface area contributed by atoms with Crippen molar-refractivity contribution in [3.8, 4) is 39.1 Å². The molecule has 48 heavy (non-hydrogen) atoms. The SMILES string of the molecule is CCCCCCc1ccc(-c2ccc(C(F)(F)Oc3cc(F)c(-c4cc(F)c(-c5cc(F)c(F)c(F)c5)c(Cl)c4)c(F)c3)c(F)c2)cc1. The van der Waals surface area contributed by atoms with Crippen LogP contribution < -0.4 is 4.74 Å². The van der Waals surface area contributed by atoms with E-state index in [0.29, 0.717) is 41.5 Å². The summed E-state index contributed by atoms with van der Waals surface area (Å²) in [4.78, 5) is 0. The molecule has 0 bridgehead atoms. The Morgan fingerprint density at radius 1 is 0.562 bits per heavy atom. The van der Waals surface area contributed by atoms with Crippen LogP contribution in [-0.2, 0) is 12.5 Å². The highest BCUT2D eigenvalue weighted by atomic mass is 35.5. The quantitative estimate of drug-likeness (QED) is 0.0760. The number of unbranched alkanes of at least 4 members (excludes halogenated alkanes) is 3. The molecule has 0 fully saturated rings. The molecule has 0 aliphatic heterocycles. The topological polar surface area (TPSA) is 9.23 Å². The normalized spacial score (nSPS) is 11.6. The van der Waals surface area contributed by atoms with E-state index >= 15 is 22.0 Å². The summed E-state index contributed by atoms with van der Waals surface area (Å²) < 4.78 is 136. The van der Waals surface area contributed by atoms with Crippen LogP contribution in [0.5, 0.6) is 5.75 Å². The van der Waals surface area contributed by atoms with Gasteiger partial charge in [0.1, 0.15) is 29.0 Å². The van der Waals surface area contributed by atoms with Crippen molar-refractivity contribution in [1.82, 2.24) is 0 Å². The molecule has 0 N–H and O–H groups in total. The van der Waals surface area contributed by atoms with Crippen molar-refractivity contribution in [2.75, 3.05) is 0 Å². The third kappa shape index (κ3) is 7.49. The highest BCUT2D eigenvalue weighted by molar-refractivity contribution is 6.33. The maximum atomic E-state index is 15.1. The fourth-order valence-corrected chi connectivity index (χ4v) is 5.65. The van der Waals surface area contributed by atoms with Gasteiger partial charge in [0, 0.05) is 17.7 Å². The van der Waals surface area contributed by atoms with E-state index in [-0.39, 0.29) is 0 Å². The summed E-state index contributed by atoms with van der Waals surface area (Å²) in [7, 11) is 0. The molecule has 5 rings (SSSR count). The average molecular weight is 693 g/mol. The summed E-state index contributed by atoms with van der Waals surface area (Å²) >= 11 is 6.07. The number of benzene rings is 5. The Morgan fingerprint density at radius 3 is 1.69 bits per heavy atom. The van der Waals surface area contributed by atoms with Crippen LogP contribution >= 0.6 is 11.6 Å². The molecular formula is C37H26ClF9O. The first-order valence-electron chi connectivity index (χ1n) is 14.9. The Labute approximate surface area is 275 Å². The maximum Gasteiger partial charge on any atom is 0.429 e. The molecule has 1 nitrogen and oxygen atoms in total. The molecule has 0 aromatic heterocycles. The van der Waals surface area contributed by atoms with Gasteiger partial charge in [-0.3, -0.25) is 0 Å². The van der Waals surface area contributed by atoms with Crippen molar-refractivity contribution in [1.29, 1.82) is 0 Å². The Morgan fingerprint density at radius 2 is 1.10 bits per heavy atom. The average Bonchev–Trinajstić information content (AvgIpc) is 3.01. The minimum atomic E-state index is -4.36. The molecule has 11 heteroatoms. The molecule has 5 aromatic carbocycles. The Bertz CT molecular complexity index is 1890. The third-order valence-corrected chi connectivity index (χ3v) is 8.05. The van der Waals surface area contributed by atoms with Gasteiger partial charge in [-0.05, 0) is 77.1 Å². The van der Waals surface area contributed by atoms with Crippen molar-refractivity contribution in [3.63, 3.8) is 0 Å². The standard InChI is InChI=1S/C37H26ClF9O/c1-2-3-4-5-6-20-7-9-21(10-8-20)22-11-12-26(28(39)14-22)37(46,47)48-25-18-30(41)35(31(42)19-25)23-13-27(38)34(29(40)15-23)24-16-32(43)36(45)33(44)17-24/h7-19H,2-6H2,1H3. The molecular weight excluding hydrogens is 667 g/mol. The first-order valence-corrected chi connectivity index (χ1v) is 15.3. The van der Waals surface area contributed by atoms with E-state index in [9.17, 15) is 17.6 Å². The fourth-order valence-electron chi connectivity index (χ4n) is 5.33. The zero-order chi connectivity index (χ0) is 34.7. The van der Waals surface area contributed by atoms with Gasteiger partial charge in [0.05, 0.1) is 16.1 Å². The number of alkyl halides is 2. The zero-order valence-electron chi connectivity index (χ0n) is 25.2. The van der Waals surface area contributed by atoms with Crippen molar-refractivity contribution in [3.05, 3.63) is 136 Å². The van der Waals surface area contributed by atoms with Gasteiger partial charge in [0.25, 0.3) is 0 Å². The fraction of sp³-hybridized carbons (Fsp3) is 0.189. The predicted molar refractivity (Wildman–Crippen MR) is 166 cm³/mol. The first-order chi connectivity index (χ1) is 22.8. The summed E-state index contributed by atoms with van der Waals surface area (Å²) in [6.45, 7) is 2.12. The molecule has 0 unspecified atom stereocenters. The van der Waals surface area contributed by atoms with E-state index in [2.05, 4.69) is 11.7 Å². The van der Waals surface area contributed by atoms with Gasteiger partial charge in [-0.1, -0.05) is 68.1 Å².